The van der Waals surface area contributed by atoms with Crippen molar-refractivity contribution in [1.82, 2.24) is 0 Å². The lowest BCUT2D eigenvalue weighted by atomic mass is 10.1. The molecule has 0 N–H and O–H groups in total. The molecule has 4 heteroatoms. The number of esters is 1. The number of ether oxygens (including phenoxy) is 1. The number of carbonyl (C=O) groups excluding carboxylic acids is 1. The number of hydrogen-bond acceptors (Lipinski definition) is 3. The van der Waals surface area contributed by atoms with E-state index in [9.17, 15) is 4.79 Å². The Kier molecular flexibility index (Phi) is 2.77. The van der Waals surface area contributed by atoms with Gasteiger partial charge < -0.3 is 4.74 Å². The number of halogens is 1. The molecule has 1 aliphatic rings. The summed E-state index contributed by atoms with van der Waals surface area (Å²) in [7, 11) is 0. The first-order chi connectivity index (χ1) is 7.15. The molecule has 0 fully saturated rings. The summed E-state index contributed by atoms with van der Waals surface area (Å²) < 4.78 is 5.79. The molecule has 15 heavy (non-hydrogen) atoms. The molecule has 0 saturated carbocycles. The molecule has 1 aliphatic heterocycles. The number of nitrogens with zero attached hydrogens (tertiary/aromatic N) is 1. The van der Waals surface area contributed by atoms with Gasteiger partial charge in [0.15, 0.2) is 5.54 Å². The van der Waals surface area contributed by atoms with Crippen LogP contribution in [-0.2, 0) is 9.53 Å². The van der Waals surface area contributed by atoms with Crippen LogP contribution in [0.4, 0.5) is 0 Å². The van der Waals surface area contributed by atoms with Crippen LogP contribution in [0.5, 0.6) is 0 Å². The zero-order valence-electron chi connectivity index (χ0n) is 8.24. The van der Waals surface area contributed by atoms with Crippen molar-refractivity contribution in [2.45, 2.75) is 12.5 Å². The minimum Gasteiger partial charge on any atom is -0.405 e. The fraction of sp³-hybridized carbons (Fsp3) is 0.273. The van der Waals surface area contributed by atoms with Gasteiger partial charge in [-0.15, -0.1) is 0 Å². The van der Waals surface area contributed by atoms with Gasteiger partial charge >= 0.3 is 5.97 Å². The van der Waals surface area contributed by atoms with Gasteiger partial charge in [0, 0.05) is 9.99 Å². The molecule has 78 valence electrons. The third-order valence-corrected chi connectivity index (χ3v) is 3.74. The van der Waals surface area contributed by atoms with Crippen molar-refractivity contribution >= 4 is 34.5 Å². The van der Waals surface area contributed by atoms with Crippen LogP contribution in [0.3, 0.4) is 0 Å². The predicted molar refractivity (Wildman–Crippen MR) is 66.4 cm³/mol. The van der Waals surface area contributed by atoms with E-state index in [1.807, 2.05) is 30.3 Å². The molecule has 0 amide bonds. The molecule has 0 spiro atoms. The lowest BCUT2D eigenvalue weighted by molar-refractivity contribution is -0.137. The Balaban J connectivity index is 2.35. The Hall–Kier alpha value is -0.910. The number of rotatable bonds is 2. The largest absolute Gasteiger partial charge is 0.405 e. The molecular weight excluding hydrogens is 305 g/mol. The van der Waals surface area contributed by atoms with Crippen molar-refractivity contribution < 1.29 is 9.53 Å². The molecule has 2 rings (SSSR count). The minimum absolute atomic E-state index is 0.268. The topological polar surface area (TPSA) is 38.7 Å². The normalized spacial score (nSPS) is 24.9. The van der Waals surface area contributed by atoms with Gasteiger partial charge in [-0.3, -0.25) is 0 Å². The molecule has 0 unspecified atom stereocenters. The lowest BCUT2D eigenvalue weighted by Gasteiger charge is -2.10. The second kappa shape index (κ2) is 3.92. The summed E-state index contributed by atoms with van der Waals surface area (Å²) in [5.41, 5.74) is 0.130. The summed E-state index contributed by atoms with van der Waals surface area (Å²) in [6.07, 6.45) is 0. The third kappa shape index (κ3) is 1.90. The van der Waals surface area contributed by atoms with E-state index in [2.05, 4.69) is 27.6 Å². The van der Waals surface area contributed by atoms with Crippen LogP contribution in [0.25, 0.3) is 0 Å². The van der Waals surface area contributed by atoms with Gasteiger partial charge in [0.1, 0.15) is 0 Å². The summed E-state index contributed by atoms with van der Waals surface area (Å²) in [6.45, 7) is 1.79. The fourth-order valence-electron chi connectivity index (χ4n) is 1.28. The second-order valence-corrected chi connectivity index (χ2v) is 4.34. The molecule has 1 heterocycles. The molecule has 1 atom stereocenters. The van der Waals surface area contributed by atoms with Crippen molar-refractivity contribution in [3.05, 3.63) is 35.9 Å². The van der Waals surface area contributed by atoms with Gasteiger partial charge in [0.2, 0.25) is 5.90 Å². The molecular formula is C11H10INO2. The Morgan fingerprint density at radius 1 is 1.40 bits per heavy atom. The van der Waals surface area contributed by atoms with Crippen LogP contribution in [0.15, 0.2) is 35.3 Å². The summed E-state index contributed by atoms with van der Waals surface area (Å²) in [4.78, 5) is 15.9. The van der Waals surface area contributed by atoms with Crippen molar-refractivity contribution in [3.8, 4) is 0 Å². The third-order valence-electron chi connectivity index (χ3n) is 2.26. The van der Waals surface area contributed by atoms with Crippen LogP contribution >= 0.6 is 22.6 Å². The Morgan fingerprint density at radius 2 is 2.07 bits per heavy atom. The number of cyclic esters (lactones) is 1. The van der Waals surface area contributed by atoms with Gasteiger partial charge in [0.05, 0.1) is 0 Å². The highest BCUT2D eigenvalue weighted by atomic mass is 127. The van der Waals surface area contributed by atoms with Crippen LogP contribution in [0.2, 0.25) is 0 Å². The zero-order chi connectivity index (χ0) is 10.9. The number of benzene rings is 1. The van der Waals surface area contributed by atoms with Gasteiger partial charge in [-0.05, 0) is 19.1 Å². The van der Waals surface area contributed by atoms with E-state index in [0.29, 0.717) is 10.3 Å². The van der Waals surface area contributed by atoms with Crippen molar-refractivity contribution in [1.29, 1.82) is 0 Å². The highest BCUT2D eigenvalue weighted by Crippen LogP contribution is 2.24. The standard InChI is InChI=1S/C11H10INO2/c1-11(7-12)10(14)15-9(13-11)8-5-3-2-4-6-8/h2-6H,7H2,1H3/t11-/m1/s1. The zero-order valence-corrected chi connectivity index (χ0v) is 10.4. The van der Waals surface area contributed by atoms with Crippen LogP contribution in [0.1, 0.15) is 12.5 Å². The maximum Gasteiger partial charge on any atom is 0.341 e. The average Bonchev–Trinajstić information content (AvgIpc) is 2.58. The maximum atomic E-state index is 11.6. The average molecular weight is 315 g/mol. The fourth-order valence-corrected chi connectivity index (χ4v) is 1.76. The van der Waals surface area contributed by atoms with Crippen LogP contribution < -0.4 is 0 Å². The molecule has 1 aromatic rings. The Bertz CT molecular complexity index is 416. The van der Waals surface area contributed by atoms with E-state index in [0.717, 1.165) is 5.56 Å². The van der Waals surface area contributed by atoms with E-state index >= 15 is 0 Å². The number of hydrogen-bond donors (Lipinski definition) is 0. The lowest BCUT2D eigenvalue weighted by Crippen LogP contribution is -2.31. The minimum atomic E-state index is -0.717. The van der Waals surface area contributed by atoms with Crippen LogP contribution in [0, 0.1) is 0 Å². The van der Waals surface area contributed by atoms with Gasteiger partial charge in [-0.25, -0.2) is 9.79 Å². The Labute approximate surface area is 102 Å². The van der Waals surface area contributed by atoms with Crippen LogP contribution in [-0.4, -0.2) is 21.8 Å². The smallest absolute Gasteiger partial charge is 0.341 e. The molecule has 3 nitrogen and oxygen atoms in total. The number of aliphatic imine (C=N–C) groups is 1. The summed E-state index contributed by atoms with van der Waals surface area (Å²) in [6, 6.07) is 9.46. The van der Waals surface area contributed by atoms with Crippen molar-refractivity contribution in [2.24, 2.45) is 4.99 Å². The second-order valence-electron chi connectivity index (χ2n) is 3.58. The molecule has 0 radical (unpaired) electrons. The van der Waals surface area contributed by atoms with Crippen molar-refractivity contribution in [2.75, 3.05) is 4.43 Å². The summed E-state index contributed by atoms with van der Waals surface area (Å²) >= 11 is 2.14. The first-order valence-corrected chi connectivity index (χ1v) is 6.12. The highest BCUT2D eigenvalue weighted by molar-refractivity contribution is 14.1. The summed E-state index contributed by atoms with van der Waals surface area (Å²) in [5, 5.41) is 0. The molecule has 0 saturated heterocycles. The predicted octanol–water partition coefficient (Wildman–Crippen LogP) is 2.18. The monoisotopic (exact) mass is 315 g/mol. The molecule has 1 aromatic carbocycles. The Morgan fingerprint density at radius 3 is 2.60 bits per heavy atom. The van der Waals surface area contributed by atoms with E-state index in [1.165, 1.54) is 0 Å². The van der Waals surface area contributed by atoms with Gasteiger partial charge in [-0.1, -0.05) is 40.8 Å². The first-order valence-electron chi connectivity index (χ1n) is 4.59. The van der Waals surface area contributed by atoms with E-state index in [-0.39, 0.29) is 5.97 Å². The maximum absolute atomic E-state index is 11.6. The molecule has 0 bridgehead atoms. The first kappa shape index (κ1) is 10.6. The SMILES string of the molecule is C[C@]1(CI)N=C(c2ccccc2)OC1=O. The van der Waals surface area contributed by atoms with E-state index in [1.54, 1.807) is 6.92 Å². The number of carbonyl (C=O) groups is 1. The van der Waals surface area contributed by atoms with Gasteiger partial charge in [0.25, 0.3) is 0 Å². The highest BCUT2D eigenvalue weighted by Gasteiger charge is 2.40. The van der Waals surface area contributed by atoms with Gasteiger partial charge in [-0.2, -0.15) is 0 Å². The van der Waals surface area contributed by atoms with Crippen molar-refractivity contribution in [3.63, 3.8) is 0 Å². The van der Waals surface area contributed by atoms with E-state index in [4.69, 9.17) is 4.74 Å². The molecule has 0 aromatic heterocycles. The van der Waals surface area contributed by atoms with E-state index < -0.39 is 5.54 Å². The summed E-state index contributed by atoms with van der Waals surface area (Å²) in [5.74, 6) is 0.163. The quantitative estimate of drug-likeness (QED) is 0.477. The number of alkyl halides is 1. The molecule has 0 aliphatic carbocycles.